The van der Waals surface area contributed by atoms with E-state index >= 15 is 0 Å². The summed E-state index contributed by atoms with van der Waals surface area (Å²) in [6.07, 6.45) is 1.57. The number of allylic oxidation sites excluding steroid dienone is 1. The molecule has 7 nitrogen and oxygen atoms in total. The van der Waals surface area contributed by atoms with Gasteiger partial charge < -0.3 is 5.32 Å². The van der Waals surface area contributed by atoms with E-state index < -0.39 is 0 Å². The smallest absolute Gasteiger partial charge is 0.216 e. The highest BCUT2D eigenvalue weighted by Gasteiger charge is 2.05. The predicted octanol–water partition coefficient (Wildman–Crippen LogP) is 2.02. The van der Waals surface area contributed by atoms with Crippen LogP contribution in [0, 0.1) is 11.3 Å². The van der Waals surface area contributed by atoms with Crippen LogP contribution in [-0.2, 0) is 6.54 Å². The summed E-state index contributed by atoms with van der Waals surface area (Å²) in [5.74, 6) is 0.271. The van der Waals surface area contributed by atoms with Gasteiger partial charge in [-0.25, -0.2) is 0 Å². The van der Waals surface area contributed by atoms with Gasteiger partial charge in [0.1, 0.15) is 11.6 Å². The molecule has 0 bridgehead atoms. The molecule has 2 rings (SSSR count). The predicted molar refractivity (Wildman–Crippen MR) is 84.5 cm³/mol. The van der Waals surface area contributed by atoms with Crippen molar-refractivity contribution in [2.45, 2.75) is 20.4 Å². The highest BCUT2D eigenvalue weighted by Crippen LogP contribution is 2.13. The molecule has 1 heterocycles. The number of aromatic amines is 1. The van der Waals surface area contributed by atoms with Crippen LogP contribution in [0.15, 0.2) is 30.5 Å². The Bertz CT molecular complexity index is 634. The normalized spacial score (nSPS) is 11.5. The minimum absolute atomic E-state index is 0.271. The third-order valence-corrected chi connectivity index (χ3v) is 3.34. The van der Waals surface area contributed by atoms with Crippen LogP contribution in [-0.4, -0.2) is 38.6 Å². The molecule has 0 saturated heterocycles. The largest absolute Gasteiger partial charge is 0.360 e. The van der Waals surface area contributed by atoms with Crippen LogP contribution >= 0.6 is 0 Å². The van der Waals surface area contributed by atoms with Crippen LogP contribution in [0.2, 0.25) is 0 Å². The van der Waals surface area contributed by atoms with Gasteiger partial charge in [0.2, 0.25) is 5.82 Å². The van der Waals surface area contributed by atoms with Crippen LogP contribution in [0.3, 0.4) is 0 Å². The zero-order valence-electron chi connectivity index (χ0n) is 12.7. The first-order valence-electron chi connectivity index (χ1n) is 7.18. The number of anilines is 1. The Morgan fingerprint density at radius 1 is 1.32 bits per heavy atom. The van der Waals surface area contributed by atoms with E-state index in [1.54, 1.807) is 6.20 Å². The average Bonchev–Trinajstić information content (AvgIpc) is 3.09. The minimum Gasteiger partial charge on any atom is -0.360 e. The van der Waals surface area contributed by atoms with Crippen molar-refractivity contribution in [2.24, 2.45) is 0 Å². The van der Waals surface area contributed by atoms with E-state index in [1.807, 2.05) is 18.2 Å². The molecule has 0 aliphatic rings. The molecule has 1 aromatic heterocycles. The summed E-state index contributed by atoms with van der Waals surface area (Å²) < 4.78 is 0. The SMILES string of the molecule is CCN(CC)Cc1ccc(NC=C(C#N)c2nn[nH]n2)cc1. The molecule has 2 N–H and O–H groups in total. The van der Waals surface area contributed by atoms with E-state index in [2.05, 4.69) is 56.8 Å². The van der Waals surface area contributed by atoms with Crippen molar-refractivity contribution >= 4 is 11.3 Å². The van der Waals surface area contributed by atoms with Crippen LogP contribution in [0.1, 0.15) is 25.2 Å². The van der Waals surface area contributed by atoms with Crippen molar-refractivity contribution < 1.29 is 0 Å². The summed E-state index contributed by atoms with van der Waals surface area (Å²) in [4.78, 5) is 2.35. The maximum absolute atomic E-state index is 9.09. The second-order valence-corrected chi connectivity index (χ2v) is 4.71. The first-order chi connectivity index (χ1) is 10.8. The molecule has 0 amide bonds. The fourth-order valence-electron chi connectivity index (χ4n) is 1.99. The van der Waals surface area contributed by atoms with Gasteiger partial charge >= 0.3 is 0 Å². The number of nitrogens with one attached hydrogen (secondary N) is 2. The number of aromatic nitrogens is 4. The maximum Gasteiger partial charge on any atom is 0.216 e. The molecule has 0 aliphatic carbocycles. The van der Waals surface area contributed by atoms with Gasteiger partial charge in [-0.2, -0.15) is 10.5 Å². The quantitative estimate of drug-likeness (QED) is 0.759. The lowest BCUT2D eigenvalue weighted by atomic mass is 10.2. The summed E-state index contributed by atoms with van der Waals surface area (Å²) in [5.41, 5.74) is 2.48. The number of tetrazole rings is 1. The van der Waals surface area contributed by atoms with E-state index in [-0.39, 0.29) is 5.82 Å². The third-order valence-electron chi connectivity index (χ3n) is 3.34. The monoisotopic (exact) mass is 297 g/mol. The number of H-pyrrole nitrogens is 1. The van der Waals surface area contributed by atoms with Crippen molar-refractivity contribution in [3.05, 3.63) is 41.9 Å². The van der Waals surface area contributed by atoms with E-state index in [0.717, 1.165) is 25.3 Å². The number of rotatable bonds is 7. The lowest BCUT2D eigenvalue weighted by Gasteiger charge is -2.18. The summed E-state index contributed by atoms with van der Waals surface area (Å²) in [5, 5.41) is 25.5. The topological polar surface area (TPSA) is 93.5 Å². The molecule has 1 aromatic carbocycles. The van der Waals surface area contributed by atoms with E-state index in [1.165, 1.54) is 5.56 Å². The summed E-state index contributed by atoms with van der Waals surface area (Å²) in [6.45, 7) is 7.33. The standard InChI is InChI=1S/C15H19N7/c1-3-22(4-2)11-12-5-7-14(8-6-12)17-10-13(9-16)15-18-20-21-19-15/h5-8,10,17H,3-4,11H2,1-2H3,(H,18,19,20,21). The lowest BCUT2D eigenvalue weighted by Crippen LogP contribution is -2.21. The summed E-state index contributed by atoms with van der Waals surface area (Å²) in [6, 6.07) is 10.2. The molecule has 7 heteroatoms. The van der Waals surface area contributed by atoms with Crippen LogP contribution in [0.5, 0.6) is 0 Å². The number of benzene rings is 1. The number of nitrogens with zero attached hydrogens (tertiary/aromatic N) is 5. The Hall–Kier alpha value is -2.72. The molecule has 0 fully saturated rings. The fourth-order valence-corrected chi connectivity index (χ4v) is 1.99. The molecule has 0 radical (unpaired) electrons. The third kappa shape index (κ3) is 4.14. The molecule has 0 atom stereocenters. The maximum atomic E-state index is 9.09. The van der Waals surface area contributed by atoms with Crippen LogP contribution in [0.4, 0.5) is 5.69 Å². The number of hydrogen-bond acceptors (Lipinski definition) is 6. The molecular weight excluding hydrogens is 278 g/mol. The second-order valence-electron chi connectivity index (χ2n) is 4.71. The Morgan fingerprint density at radius 3 is 2.59 bits per heavy atom. The molecule has 22 heavy (non-hydrogen) atoms. The Balaban J connectivity index is 2.01. The minimum atomic E-state index is 0.271. The highest BCUT2D eigenvalue weighted by molar-refractivity contribution is 5.73. The van der Waals surface area contributed by atoms with Gasteiger partial charge in [0.05, 0.1) is 0 Å². The Kier molecular flexibility index (Phi) is 5.63. The first-order valence-corrected chi connectivity index (χ1v) is 7.18. The van der Waals surface area contributed by atoms with Gasteiger partial charge in [-0.3, -0.25) is 4.90 Å². The zero-order valence-corrected chi connectivity index (χ0v) is 12.7. The Labute approximate surface area is 129 Å². The molecule has 0 aliphatic heterocycles. The summed E-state index contributed by atoms with van der Waals surface area (Å²) >= 11 is 0. The molecular formula is C15H19N7. The van der Waals surface area contributed by atoms with Crippen molar-refractivity contribution in [3.8, 4) is 6.07 Å². The molecule has 0 unspecified atom stereocenters. The molecule has 114 valence electrons. The van der Waals surface area contributed by atoms with Crippen molar-refractivity contribution in [3.63, 3.8) is 0 Å². The molecule has 0 saturated carbocycles. The van der Waals surface area contributed by atoms with Crippen molar-refractivity contribution in [1.29, 1.82) is 5.26 Å². The highest BCUT2D eigenvalue weighted by atomic mass is 15.5. The average molecular weight is 297 g/mol. The first kappa shape index (κ1) is 15.7. The van der Waals surface area contributed by atoms with Crippen LogP contribution in [0.25, 0.3) is 5.57 Å². The lowest BCUT2D eigenvalue weighted by molar-refractivity contribution is 0.296. The van der Waals surface area contributed by atoms with E-state index in [9.17, 15) is 0 Å². The van der Waals surface area contributed by atoms with Gasteiger partial charge in [0, 0.05) is 18.4 Å². The van der Waals surface area contributed by atoms with Crippen molar-refractivity contribution in [2.75, 3.05) is 18.4 Å². The molecule has 0 spiro atoms. The second kappa shape index (κ2) is 7.90. The number of hydrogen-bond donors (Lipinski definition) is 2. The fraction of sp³-hybridized carbons (Fsp3) is 0.333. The van der Waals surface area contributed by atoms with Gasteiger partial charge in [-0.1, -0.05) is 26.0 Å². The van der Waals surface area contributed by atoms with Gasteiger partial charge in [-0.05, 0) is 36.0 Å². The molecule has 2 aromatic rings. The van der Waals surface area contributed by atoms with Gasteiger partial charge in [0.25, 0.3) is 0 Å². The summed E-state index contributed by atoms with van der Waals surface area (Å²) in [7, 11) is 0. The zero-order chi connectivity index (χ0) is 15.8. The Morgan fingerprint density at radius 2 is 2.05 bits per heavy atom. The van der Waals surface area contributed by atoms with Gasteiger partial charge in [-0.15, -0.1) is 10.2 Å². The van der Waals surface area contributed by atoms with Crippen LogP contribution < -0.4 is 5.32 Å². The van der Waals surface area contributed by atoms with Gasteiger partial charge in [0.15, 0.2) is 0 Å². The van der Waals surface area contributed by atoms with Crippen molar-refractivity contribution in [1.82, 2.24) is 25.5 Å². The van der Waals surface area contributed by atoms with E-state index in [0.29, 0.717) is 5.57 Å². The van der Waals surface area contributed by atoms with E-state index in [4.69, 9.17) is 5.26 Å². The number of nitriles is 1.